The number of benzene rings is 1. The molecule has 1 heterocycles. The third-order valence-electron chi connectivity index (χ3n) is 3.55. The number of nitro benzene ring substituents is 1. The number of non-ortho nitro benzene ring substituents is 1. The molecule has 0 spiro atoms. The maximum Gasteiger partial charge on any atom is 0.269 e. The van der Waals surface area contributed by atoms with Crippen LogP contribution in [0, 0.1) is 10.1 Å². The first kappa shape index (κ1) is 14.7. The number of carbonyl (C=O) groups is 1. The monoisotopic (exact) mass is 277 g/mol. The number of carbonyl (C=O) groups excluding carboxylic acids is 1. The molecule has 0 unspecified atom stereocenters. The predicted octanol–water partition coefficient (Wildman–Crippen LogP) is 3.52. The quantitative estimate of drug-likeness (QED) is 0.239. The van der Waals surface area contributed by atoms with Gasteiger partial charge in [0.15, 0.2) is 5.78 Å². The number of nitro groups is 1. The second-order valence-electron chi connectivity index (χ2n) is 5.11. The van der Waals surface area contributed by atoms with Crippen LogP contribution in [0.25, 0.3) is 0 Å². The van der Waals surface area contributed by atoms with E-state index in [1.807, 2.05) is 0 Å². The minimum atomic E-state index is -0.474. The zero-order valence-electron chi connectivity index (χ0n) is 11.6. The van der Waals surface area contributed by atoms with E-state index in [1.54, 1.807) is 0 Å². The molecule has 0 saturated carbocycles. The van der Waals surface area contributed by atoms with E-state index in [9.17, 15) is 14.9 Å². The Labute approximate surface area is 118 Å². The summed E-state index contributed by atoms with van der Waals surface area (Å²) in [4.78, 5) is 22.2. The van der Waals surface area contributed by atoms with Gasteiger partial charge in [-0.05, 0) is 18.6 Å². The molecule has 1 aliphatic rings. The highest BCUT2D eigenvalue weighted by Crippen LogP contribution is 2.30. The number of rotatable bonds is 8. The van der Waals surface area contributed by atoms with Crippen molar-refractivity contribution in [3.8, 4) is 0 Å². The lowest BCUT2D eigenvalue weighted by molar-refractivity contribution is -0.384. The Morgan fingerprint density at radius 3 is 2.55 bits per heavy atom. The number of ketones is 1. The van der Waals surface area contributed by atoms with Gasteiger partial charge in [0, 0.05) is 17.7 Å². The summed E-state index contributed by atoms with van der Waals surface area (Å²) in [5.74, 6) is -0.0691. The van der Waals surface area contributed by atoms with Crippen molar-refractivity contribution in [2.75, 3.05) is 0 Å². The highest BCUT2D eigenvalue weighted by molar-refractivity contribution is 6.01. The highest BCUT2D eigenvalue weighted by atomic mass is 16.6. The van der Waals surface area contributed by atoms with Crippen LogP contribution >= 0.6 is 0 Å². The fraction of sp³-hybridized carbons (Fsp3) is 0.533. The molecule has 20 heavy (non-hydrogen) atoms. The Kier molecular flexibility index (Phi) is 4.84. The zero-order valence-corrected chi connectivity index (χ0v) is 11.6. The maximum atomic E-state index is 12.1. The molecule has 1 aromatic rings. The molecule has 1 aliphatic heterocycles. The first-order valence-corrected chi connectivity index (χ1v) is 7.07. The van der Waals surface area contributed by atoms with Gasteiger partial charge in [0.25, 0.3) is 5.69 Å². The average molecular weight is 277 g/mol. The van der Waals surface area contributed by atoms with Crippen LogP contribution in [0.5, 0.6) is 0 Å². The highest BCUT2D eigenvalue weighted by Gasteiger charge is 2.44. The molecule has 5 nitrogen and oxygen atoms in total. The van der Waals surface area contributed by atoms with Crippen molar-refractivity contribution in [1.82, 2.24) is 0 Å². The number of epoxide rings is 1. The van der Waals surface area contributed by atoms with Crippen molar-refractivity contribution in [3.05, 3.63) is 39.9 Å². The Balaban J connectivity index is 1.82. The lowest BCUT2D eigenvalue weighted by atomic mass is 10.0. The van der Waals surface area contributed by atoms with Crippen molar-refractivity contribution in [1.29, 1.82) is 0 Å². The third-order valence-corrected chi connectivity index (χ3v) is 3.55. The van der Waals surface area contributed by atoms with E-state index in [0.717, 1.165) is 12.8 Å². The van der Waals surface area contributed by atoms with Gasteiger partial charge in [0.05, 0.1) is 11.0 Å². The van der Waals surface area contributed by atoms with Gasteiger partial charge in [-0.2, -0.15) is 0 Å². The van der Waals surface area contributed by atoms with Gasteiger partial charge in [-0.1, -0.05) is 32.6 Å². The SMILES string of the molecule is CCCCCC[C@H]1O[C@H]1C(=O)c1ccc([N+](=O)[O-])cc1. The topological polar surface area (TPSA) is 72.7 Å². The van der Waals surface area contributed by atoms with E-state index in [4.69, 9.17) is 4.74 Å². The maximum absolute atomic E-state index is 12.1. The van der Waals surface area contributed by atoms with Crippen molar-refractivity contribution in [2.24, 2.45) is 0 Å². The summed E-state index contributed by atoms with van der Waals surface area (Å²) in [5.41, 5.74) is 0.478. The number of hydrogen-bond acceptors (Lipinski definition) is 4. The van der Waals surface area contributed by atoms with Crippen LogP contribution in [0.4, 0.5) is 5.69 Å². The van der Waals surface area contributed by atoms with E-state index in [-0.39, 0.29) is 23.7 Å². The molecule has 0 bridgehead atoms. The van der Waals surface area contributed by atoms with E-state index in [2.05, 4.69) is 6.92 Å². The summed E-state index contributed by atoms with van der Waals surface area (Å²) in [7, 11) is 0. The molecule has 1 saturated heterocycles. The molecule has 108 valence electrons. The van der Waals surface area contributed by atoms with E-state index in [0.29, 0.717) is 5.56 Å². The average Bonchev–Trinajstić information content (AvgIpc) is 3.22. The number of nitrogens with zero attached hydrogens (tertiary/aromatic N) is 1. The minimum absolute atomic E-state index is 0.00520. The fourth-order valence-electron chi connectivity index (χ4n) is 2.28. The number of unbranched alkanes of at least 4 members (excludes halogenated alkanes) is 3. The normalized spacial score (nSPS) is 20.6. The van der Waals surface area contributed by atoms with E-state index < -0.39 is 4.92 Å². The van der Waals surface area contributed by atoms with Crippen LogP contribution in [-0.2, 0) is 4.74 Å². The largest absolute Gasteiger partial charge is 0.361 e. The third kappa shape index (κ3) is 3.63. The molecule has 2 rings (SSSR count). The molecule has 0 N–H and O–H groups in total. The lowest BCUT2D eigenvalue weighted by Gasteiger charge is -1.98. The minimum Gasteiger partial charge on any atom is -0.361 e. The van der Waals surface area contributed by atoms with Crippen LogP contribution in [0.1, 0.15) is 49.4 Å². The Hall–Kier alpha value is -1.75. The van der Waals surface area contributed by atoms with Gasteiger partial charge in [0.2, 0.25) is 0 Å². The van der Waals surface area contributed by atoms with Crippen LogP contribution in [0.15, 0.2) is 24.3 Å². The fourth-order valence-corrected chi connectivity index (χ4v) is 2.28. The summed E-state index contributed by atoms with van der Waals surface area (Å²) in [5, 5.41) is 10.5. The van der Waals surface area contributed by atoms with Crippen molar-refractivity contribution in [3.63, 3.8) is 0 Å². The summed E-state index contributed by atoms with van der Waals surface area (Å²) in [6.07, 6.45) is 5.28. The summed E-state index contributed by atoms with van der Waals surface area (Å²) in [6.45, 7) is 2.16. The molecule has 1 aromatic carbocycles. The van der Waals surface area contributed by atoms with Gasteiger partial charge >= 0.3 is 0 Å². The summed E-state index contributed by atoms with van der Waals surface area (Å²) in [6, 6.07) is 5.70. The first-order chi connectivity index (χ1) is 9.63. The Bertz CT molecular complexity index is 483. The molecule has 0 amide bonds. The number of ether oxygens (including phenoxy) is 1. The van der Waals surface area contributed by atoms with Gasteiger partial charge in [-0.15, -0.1) is 0 Å². The molecule has 0 aromatic heterocycles. The van der Waals surface area contributed by atoms with Gasteiger partial charge < -0.3 is 4.74 Å². The smallest absolute Gasteiger partial charge is 0.269 e. The van der Waals surface area contributed by atoms with Crippen LogP contribution in [0.2, 0.25) is 0 Å². The second-order valence-corrected chi connectivity index (χ2v) is 5.11. The summed E-state index contributed by atoms with van der Waals surface area (Å²) >= 11 is 0. The molecule has 1 fully saturated rings. The summed E-state index contributed by atoms with van der Waals surface area (Å²) < 4.78 is 5.41. The number of hydrogen-bond donors (Lipinski definition) is 0. The Morgan fingerprint density at radius 2 is 1.95 bits per heavy atom. The van der Waals surface area contributed by atoms with Crippen LogP contribution in [0.3, 0.4) is 0 Å². The van der Waals surface area contributed by atoms with Crippen LogP contribution in [-0.4, -0.2) is 22.9 Å². The second kappa shape index (κ2) is 6.61. The Morgan fingerprint density at radius 1 is 1.25 bits per heavy atom. The molecule has 0 radical (unpaired) electrons. The molecular weight excluding hydrogens is 258 g/mol. The van der Waals surface area contributed by atoms with Gasteiger partial charge in [0.1, 0.15) is 6.10 Å². The number of Topliss-reactive ketones (excluding diaryl/α,β-unsaturated/α-hetero) is 1. The lowest BCUT2D eigenvalue weighted by Crippen LogP contribution is -2.10. The molecule has 5 heteroatoms. The van der Waals surface area contributed by atoms with Gasteiger partial charge in [-0.3, -0.25) is 14.9 Å². The van der Waals surface area contributed by atoms with Crippen molar-refractivity contribution in [2.45, 2.75) is 51.2 Å². The van der Waals surface area contributed by atoms with E-state index >= 15 is 0 Å². The molecule has 2 atom stereocenters. The standard InChI is InChI=1S/C15H19NO4/c1-2-3-4-5-6-13-15(20-13)14(17)11-7-9-12(10-8-11)16(18)19/h7-10,13,15H,2-6H2,1H3/t13-,15-/m1/s1. The zero-order chi connectivity index (χ0) is 14.5. The predicted molar refractivity (Wildman–Crippen MR) is 74.8 cm³/mol. The van der Waals surface area contributed by atoms with Gasteiger partial charge in [-0.25, -0.2) is 0 Å². The van der Waals surface area contributed by atoms with Crippen molar-refractivity contribution >= 4 is 11.5 Å². The van der Waals surface area contributed by atoms with E-state index in [1.165, 1.54) is 43.5 Å². The first-order valence-electron chi connectivity index (χ1n) is 7.07. The molecule has 0 aliphatic carbocycles. The van der Waals surface area contributed by atoms with Crippen LogP contribution < -0.4 is 0 Å². The molecular formula is C15H19NO4. The van der Waals surface area contributed by atoms with Crippen molar-refractivity contribution < 1.29 is 14.5 Å².